The Bertz CT molecular complexity index is 418. The van der Waals surface area contributed by atoms with E-state index in [9.17, 15) is 13.7 Å². The van der Waals surface area contributed by atoms with Crippen molar-refractivity contribution in [1.29, 1.82) is 5.26 Å². The molecule has 1 atom stereocenters. The van der Waals surface area contributed by atoms with E-state index >= 15 is 0 Å². The molecule has 0 amide bonds. The smallest absolute Gasteiger partial charge is 0.197 e. The van der Waals surface area contributed by atoms with Crippen LogP contribution in [0.25, 0.3) is 0 Å². The first-order valence-corrected chi connectivity index (χ1v) is 8.74. The number of nitriles is 1. The molecule has 2 fully saturated rings. The van der Waals surface area contributed by atoms with Gasteiger partial charge in [0.1, 0.15) is 6.04 Å². The quantitative estimate of drug-likeness (QED) is 0.855. The van der Waals surface area contributed by atoms with Crippen molar-refractivity contribution in [3.8, 4) is 6.07 Å². The molecule has 2 rings (SSSR count). The molecule has 0 aromatic carbocycles. The zero-order valence-electron chi connectivity index (χ0n) is 11.3. The largest absolute Gasteiger partial charge is 0.280 e. The van der Waals surface area contributed by atoms with Gasteiger partial charge < -0.3 is 0 Å². The average Bonchev–Trinajstić information content (AvgIpc) is 2.47. The normalized spacial score (nSPS) is 24.8. The van der Waals surface area contributed by atoms with Gasteiger partial charge >= 0.3 is 0 Å². The summed E-state index contributed by atoms with van der Waals surface area (Å²) in [6, 6.07) is 1.59. The Balaban J connectivity index is 1.98. The third-order valence-electron chi connectivity index (χ3n) is 4.19. The highest BCUT2D eigenvalue weighted by atomic mass is 32.2. The van der Waals surface area contributed by atoms with Gasteiger partial charge in [0.15, 0.2) is 0 Å². The van der Waals surface area contributed by atoms with Crippen LogP contribution in [0.3, 0.4) is 0 Å². The Hall–Kier alpha value is -0.640. The predicted octanol–water partition coefficient (Wildman–Crippen LogP) is 1.78. The van der Waals surface area contributed by atoms with Gasteiger partial charge in [0, 0.05) is 13.1 Å². The lowest BCUT2D eigenvalue weighted by Crippen LogP contribution is -2.49. The number of nitrogens with zero attached hydrogens (tertiary/aromatic N) is 2. The molecule has 0 spiro atoms. The highest BCUT2D eigenvalue weighted by Crippen LogP contribution is 2.27. The van der Waals surface area contributed by atoms with E-state index < -0.39 is 16.3 Å². The molecule has 1 saturated carbocycles. The van der Waals surface area contributed by atoms with Crippen molar-refractivity contribution in [2.24, 2.45) is 5.92 Å². The molecule has 1 saturated heterocycles. The van der Waals surface area contributed by atoms with E-state index in [4.69, 9.17) is 0 Å². The number of piperidine rings is 1. The van der Waals surface area contributed by atoms with E-state index in [-0.39, 0.29) is 5.92 Å². The minimum atomic E-state index is -3.48. The van der Waals surface area contributed by atoms with E-state index in [1.165, 1.54) is 10.7 Å². The minimum Gasteiger partial charge on any atom is -0.197 e. The van der Waals surface area contributed by atoms with Crippen LogP contribution in [-0.2, 0) is 10.2 Å². The lowest BCUT2D eigenvalue weighted by atomic mass is 9.85. The molecule has 0 aromatic heterocycles. The SMILES string of the molecule is N#CC(NS(=O)(=O)N1CCCCC1)C1CCCCC1. The van der Waals surface area contributed by atoms with Crippen LogP contribution < -0.4 is 4.72 Å². The molecule has 5 nitrogen and oxygen atoms in total. The topological polar surface area (TPSA) is 73.2 Å². The third kappa shape index (κ3) is 3.91. The third-order valence-corrected chi connectivity index (χ3v) is 5.79. The molecule has 6 heteroatoms. The summed E-state index contributed by atoms with van der Waals surface area (Å²) < 4.78 is 28.6. The zero-order valence-corrected chi connectivity index (χ0v) is 12.2. The van der Waals surface area contributed by atoms with Gasteiger partial charge in [0.2, 0.25) is 0 Å². The van der Waals surface area contributed by atoms with E-state index in [2.05, 4.69) is 10.8 Å². The van der Waals surface area contributed by atoms with Crippen molar-refractivity contribution in [3.05, 3.63) is 0 Å². The maximum atomic E-state index is 12.3. The first-order valence-electron chi connectivity index (χ1n) is 7.30. The molecule has 1 unspecified atom stereocenters. The van der Waals surface area contributed by atoms with Gasteiger partial charge in [0.05, 0.1) is 6.07 Å². The lowest BCUT2D eigenvalue weighted by Gasteiger charge is -2.30. The van der Waals surface area contributed by atoms with Gasteiger partial charge in [0.25, 0.3) is 10.2 Å². The number of hydrogen-bond acceptors (Lipinski definition) is 3. The van der Waals surface area contributed by atoms with Crippen LogP contribution in [0.2, 0.25) is 0 Å². The summed E-state index contributed by atoms with van der Waals surface area (Å²) >= 11 is 0. The minimum absolute atomic E-state index is 0.179. The summed E-state index contributed by atoms with van der Waals surface area (Å²) in [6.07, 6.45) is 8.26. The summed E-state index contributed by atoms with van der Waals surface area (Å²) in [6.45, 7) is 1.16. The second-order valence-electron chi connectivity index (χ2n) is 5.59. The number of rotatable bonds is 4. The Morgan fingerprint density at radius 2 is 1.63 bits per heavy atom. The van der Waals surface area contributed by atoms with E-state index in [0.717, 1.165) is 44.9 Å². The molecular weight excluding hydrogens is 262 g/mol. The molecule has 0 bridgehead atoms. The summed E-state index contributed by atoms with van der Waals surface area (Å²) in [4.78, 5) is 0. The van der Waals surface area contributed by atoms with Gasteiger partial charge in [-0.05, 0) is 31.6 Å². The standard InChI is InChI=1S/C13H23N3O2S/c14-11-13(12-7-3-1-4-8-12)15-19(17,18)16-9-5-2-6-10-16/h12-13,15H,1-10H2. The molecule has 108 valence electrons. The second kappa shape index (κ2) is 6.69. The van der Waals surface area contributed by atoms with Crippen LogP contribution in [0.1, 0.15) is 51.4 Å². The van der Waals surface area contributed by atoms with Gasteiger partial charge in [-0.3, -0.25) is 0 Å². The van der Waals surface area contributed by atoms with Crippen molar-refractivity contribution >= 4 is 10.2 Å². The van der Waals surface area contributed by atoms with E-state index in [1.807, 2.05) is 0 Å². The maximum absolute atomic E-state index is 12.3. The molecule has 1 heterocycles. The molecule has 1 aliphatic carbocycles. The van der Waals surface area contributed by atoms with Crippen molar-refractivity contribution < 1.29 is 8.42 Å². The summed E-state index contributed by atoms with van der Waals surface area (Å²) in [5, 5.41) is 9.24. The zero-order chi connectivity index (χ0) is 13.7. The van der Waals surface area contributed by atoms with Gasteiger partial charge in [-0.15, -0.1) is 0 Å². The summed E-state index contributed by atoms with van der Waals surface area (Å²) in [5.74, 6) is 0.179. The Labute approximate surface area is 116 Å². The highest BCUT2D eigenvalue weighted by Gasteiger charge is 2.31. The lowest BCUT2D eigenvalue weighted by molar-refractivity contribution is 0.307. The van der Waals surface area contributed by atoms with Crippen molar-refractivity contribution in [1.82, 2.24) is 9.03 Å². The summed E-state index contributed by atoms with van der Waals surface area (Å²) in [5.41, 5.74) is 0. The van der Waals surface area contributed by atoms with Crippen molar-refractivity contribution in [2.75, 3.05) is 13.1 Å². The van der Waals surface area contributed by atoms with Gasteiger partial charge in [-0.2, -0.15) is 22.7 Å². The van der Waals surface area contributed by atoms with Crippen LogP contribution in [0.5, 0.6) is 0 Å². The fraction of sp³-hybridized carbons (Fsp3) is 0.923. The van der Waals surface area contributed by atoms with Crippen LogP contribution in [0, 0.1) is 17.2 Å². The molecule has 0 aromatic rings. The first-order chi connectivity index (χ1) is 9.13. The van der Waals surface area contributed by atoms with Crippen LogP contribution in [0.4, 0.5) is 0 Å². The molecule has 1 N–H and O–H groups in total. The molecule has 0 radical (unpaired) electrons. The fourth-order valence-electron chi connectivity index (χ4n) is 3.04. The van der Waals surface area contributed by atoms with Crippen molar-refractivity contribution in [3.63, 3.8) is 0 Å². The second-order valence-corrected chi connectivity index (χ2v) is 7.29. The van der Waals surface area contributed by atoms with Crippen molar-refractivity contribution in [2.45, 2.75) is 57.4 Å². The van der Waals surface area contributed by atoms with Crippen LogP contribution in [-0.4, -0.2) is 31.9 Å². The number of nitrogens with one attached hydrogen (secondary N) is 1. The van der Waals surface area contributed by atoms with Gasteiger partial charge in [-0.1, -0.05) is 25.7 Å². The molecule has 2 aliphatic rings. The predicted molar refractivity (Wildman–Crippen MR) is 73.5 cm³/mol. The van der Waals surface area contributed by atoms with E-state index in [1.54, 1.807) is 0 Å². The Morgan fingerprint density at radius 1 is 1.05 bits per heavy atom. The average molecular weight is 285 g/mol. The summed E-state index contributed by atoms with van der Waals surface area (Å²) in [7, 11) is -3.48. The molecule has 1 aliphatic heterocycles. The molecular formula is C13H23N3O2S. The monoisotopic (exact) mass is 285 g/mol. The van der Waals surface area contributed by atoms with E-state index in [0.29, 0.717) is 13.1 Å². The molecule has 19 heavy (non-hydrogen) atoms. The maximum Gasteiger partial charge on any atom is 0.280 e. The Kier molecular flexibility index (Phi) is 5.20. The highest BCUT2D eigenvalue weighted by molar-refractivity contribution is 7.87. The van der Waals surface area contributed by atoms with Crippen LogP contribution >= 0.6 is 0 Å². The fourth-order valence-corrected chi connectivity index (χ4v) is 4.49. The first kappa shape index (κ1) is 14.8. The van der Waals surface area contributed by atoms with Crippen LogP contribution in [0.15, 0.2) is 0 Å². The van der Waals surface area contributed by atoms with Gasteiger partial charge in [-0.25, -0.2) is 0 Å². The number of hydrogen-bond donors (Lipinski definition) is 1. The Morgan fingerprint density at radius 3 is 2.21 bits per heavy atom.